The Labute approximate surface area is 167 Å². The zero-order valence-electron chi connectivity index (χ0n) is 14.6. The second-order valence-corrected chi connectivity index (χ2v) is 8.01. The van der Waals surface area contributed by atoms with Crippen molar-refractivity contribution in [2.24, 2.45) is 0 Å². The van der Waals surface area contributed by atoms with E-state index in [1.165, 1.54) is 24.3 Å². The standard InChI is InChI=1S/C20H17ClN2O4S/c21-18-6-1-2-7-19(18)23-28(26,27)17-10-8-15(9-11-17)20(25)22-16-5-3-4-14(12-16)13-24/h1-12,23-24H,13H2,(H,22,25). The molecule has 0 bridgehead atoms. The number of aliphatic hydroxyl groups excluding tert-OH is 1. The summed E-state index contributed by atoms with van der Waals surface area (Å²) < 4.78 is 27.4. The summed E-state index contributed by atoms with van der Waals surface area (Å²) in [6.07, 6.45) is 0. The number of amides is 1. The molecule has 0 aliphatic rings. The van der Waals surface area contributed by atoms with Crippen molar-refractivity contribution in [3.05, 3.63) is 88.9 Å². The predicted molar refractivity (Wildman–Crippen MR) is 109 cm³/mol. The average molecular weight is 417 g/mol. The van der Waals surface area contributed by atoms with Crippen molar-refractivity contribution in [2.75, 3.05) is 10.0 Å². The lowest BCUT2D eigenvalue weighted by Crippen LogP contribution is -2.15. The van der Waals surface area contributed by atoms with Crippen LogP contribution in [-0.4, -0.2) is 19.4 Å². The van der Waals surface area contributed by atoms with Crippen molar-refractivity contribution in [2.45, 2.75) is 11.5 Å². The van der Waals surface area contributed by atoms with Gasteiger partial charge in [-0.25, -0.2) is 8.42 Å². The summed E-state index contributed by atoms with van der Waals surface area (Å²) >= 11 is 5.99. The fourth-order valence-electron chi connectivity index (χ4n) is 2.48. The molecule has 1 amide bonds. The van der Waals surface area contributed by atoms with Crippen LogP contribution in [0.2, 0.25) is 5.02 Å². The number of benzene rings is 3. The van der Waals surface area contributed by atoms with Gasteiger partial charge in [0.15, 0.2) is 0 Å². The van der Waals surface area contributed by atoms with E-state index in [1.54, 1.807) is 48.5 Å². The van der Waals surface area contributed by atoms with Gasteiger partial charge in [0, 0.05) is 11.3 Å². The van der Waals surface area contributed by atoms with E-state index in [0.29, 0.717) is 16.8 Å². The first-order chi connectivity index (χ1) is 13.4. The van der Waals surface area contributed by atoms with Crippen molar-refractivity contribution >= 4 is 38.9 Å². The zero-order chi connectivity index (χ0) is 20.1. The molecule has 0 fully saturated rings. The predicted octanol–water partition coefficient (Wildman–Crippen LogP) is 3.89. The smallest absolute Gasteiger partial charge is 0.261 e. The van der Waals surface area contributed by atoms with Crippen LogP contribution in [0.5, 0.6) is 0 Å². The molecule has 8 heteroatoms. The molecule has 0 aliphatic heterocycles. The molecule has 0 saturated heterocycles. The van der Waals surface area contributed by atoms with Gasteiger partial charge in [0.25, 0.3) is 15.9 Å². The number of nitrogens with one attached hydrogen (secondary N) is 2. The number of anilines is 2. The molecule has 0 atom stereocenters. The van der Waals surface area contributed by atoms with Gasteiger partial charge in [-0.15, -0.1) is 0 Å². The number of para-hydroxylation sites is 1. The first-order valence-electron chi connectivity index (χ1n) is 8.27. The Morgan fingerprint density at radius 3 is 2.36 bits per heavy atom. The third-order valence-corrected chi connectivity index (χ3v) is 5.62. The molecule has 0 saturated carbocycles. The van der Waals surface area contributed by atoms with Crippen molar-refractivity contribution in [1.82, 2.24) is 0 Å². The van der Waals surface area contributed by atoms with Crippen LogP contribution in [0.1, 0.15) is 15.9 Å². The molecule has 144 valence electrons. The second-order valence-electron chi connectivity index (χ2n) is 5.92. The molecule has 0 heterocycles. The van der Waals surface area contributed by atoms with Crippen LogP contribution in [-0.2, 0) is 16.6 Å². The van der Waals surface area contributed by atoms with Gasteiger partial charge < -0.3 is 10.4 Å². The third-order valence-electron chi connectivity index (χ3n) is 3.91. The topological polar surface area (TPSA) is 95.5 Å². The van der Waals surface area contributed by atoms with Crippen molar-refractivity contribution in [3.63, 3.8) is 0 Å². The second kappa shape index (κ2) is 8.43. The number of rotatable bonds is 6. The fraction of sp³-hybridized carbons (Fsp3) is 0.0500. The number of carbonyl (C=O) groups excluding carboxylic acids is 1. The molecule has 0 radical (unpaired) electrons. The van der Waals surface area contributed by atoms with Crippen LogP contribution >= 0.6 is 11.6 Å². The van der Waals surface area contributed by atoms with Gasteiger partial charge in [-0.1, -0.05) is 35.9 Å². The van der Waals surface area contributed by atoms with Crippen molar-refractivity contribution < 1.29 is 18.3 Å². The molecule has 0 aliphatic carbocycles. The largest absolute Gasteiger partial charge is 0.392 e. The summed E-state index contributed by atoms with van der Waals surface area (Å²) in [5, 5.41) is 12.1. The molecular weight excluding hydrogens is 400 g/mol. The highest BCUT2D eigenvalue weighted by molar-refractivity contribution is 7.92. The molecular formula is C20H17ClN2O4S. The van der Waals surface area contributed by atoms with Gasteiger partial charge in [-0.2, -0.15) is 0 Å². The first-order valence-corrected chi connectivity index (χ1v) is 10.1. The summed E-state index contributed by atoms with van der Waals surface area (Å²) in [7, 11) is -3.84. The minimum absolute atomic E-state index is 0.00578. The van der Waals surface area contributed by atoms with Gasteiger partial charge in [-0.3, -0.25) is 9.52 Å². The Balaban J connectivity index is 1.75. The number of halogens is 1. The molecule has 3 N–H and O–H groups in total. The maximum Gasteiger partial charge on any atom is 0.261 e. The minimum Gasteiger partial charge on any atom is -0.392 e. The highest BCUT2D eigenvalue weighted by Gasteiger charge is 2.16. The molecule has 0 spiro atoms. The van der Waals surface area contributed by atoms with Gasteiger partial charge in [-0.05, 0) is 54.1 Å². The van der Waals surface area contributed by atoms with E-state index in [9.17, 15) is 13.2 Å². The van der Waals surface area contributed by atoms with Crippen LogP contribution in [0.4, 0.5) is 11.4 Å². The summed E-state index contributed by atoms with van der Waals surface area (Å²) in [6, 6.07) is 18.9. The van der Waals surface area contributed by atoms with E-state index in [0.717, 1.165) is 0 Å². The van der Waals surface area contributed by atoms with Crippen LogP contribution < -0.4 is 10.0 Å². The lowest BCUT2D eigenvalue weighted by molar-refractivity contribution is 0.102. The summed E-state index contributed by atoms with van der Waals surface area (Å²) in [4.78, 5) is 12.4. The van der Waals surface area contributed by atoms with Crippen LogP contribution in [0.25, 0.3) is 0 Å². The maximum atomic E-state index is 12.5. The molecule has 3 aromatic carbocycles. The summed E-state index contributed by atoms with van der Waals surface area (Å²) in [5.74, 6) is -0.391. The van der Waals surface area contributed by atoms with Crippen LogP contribution in [0.3, 0.4) is 0 Å². The van der Waals surface area contributed by atoms with E-state index in [1.807, 2.05) is 0 Å². The van der Waals surface area contributed by atoms with Gasteiger partial charge in [0.05, 0.1) is 22.2 Å². The normalized spacial score (nSPS) is 11.1. The average Bonchev–Trinajstić information content (AvgIpc) is 2.70. The lowest BCUT2D eigenvalue weighted by Gasteiger charge is -2.10. The fourth-order valence-corrected chi connectivity index (χ4v) is 3.80. The van der Waals surface area contributed by atoms with Crippen molar-refractivity contribution in [1.29, 1.82) is 0 Å². The van der Waals surface area contributed by atoms with E-state index in [4.69, 9.17) is 16.7 Å². The molecule has 6 nitrogen and oxygen atoms in total. The Morgan fingerprint density at radius 2 is 1.68 bits per heavy atom. The van der Waals surface area contributed by atoms with Crippen LogP contribution in [0, 0.1) is 0 Å². The Bertz CT molecular complexity index is 1100. The Hall–Kier alpha value is -2.87. The van der Waals surface area contributed by atoms with Gasteiger partial charge in [0.2, 0.25) is 0 Å². The summed E-state index contributed by atoms with van der Waals surface area (Å²) in [6.45, 7) is -0.130. The number of hydrogen-bond donors (Lipinski definition) is 3. The van der Waals surface area contributed by atoms with Crippen molar-refractivity contribution in [3.8, 4) is 0 Å². The zero-order valence-corrected chi connectivity index (χ0v) is 16.2. The highest BCUT2D eigenvalue weighted by Crippen LogP contribution is 2.24. The summed E-state index contributed by atoms with van der Waals surface area (Å²) in [5.41, 5.74) is 1.78. The lowest BCUT2D eigenvalue weighted by atomic mass is 10.2. The van der Waals surface area contributed by atoms with E-state index >= 15 is 0 Å². The Kier molecular flexibility index (Phi) is 5.99. The molecule has 3 aromatic rings. The van der Waals surface area contributed by atoms with E-state index in [-0.39, 0.29) is 22.2 Å². The number of aliphatic hydroxyl groups is 1. The molecule has 28 heavy (non-hydrogen) atoms. The SMILES string of the molecule is O=C(Nc1cccc(CO)c1)c1ccc(S(=O)(=O)Nc2ccccc2Cl)cc1. The van der Waals surface area contributed by atoms with Gasteiger partial charge in [0.1, 0.15) is 0 Å². The molecule has 0 unspecified atom stereocenters. The number of carbonyl (C=O) groups is 1. The number of hydrogen-bond acceptors (Lipinski definition) is 4. The minimum atomic E-state index is -3.84. The molecule has 3 rings (SSSR count). The van der Waals surface area contributed by atoms with Crippen LogP contribution in [0.15, 0.2) is 77.7 Å². The molecule has 0 aromatic heterocycles. The Morgan fingerprint density at radius 1 is 0.964 bits per heavy atom. The third kappa shape index (κ3) is 4.69. The van der Waals surface area contributed by atoms with Gasteiger partial charge >= 0.3 is 0 Å². The van der Waals surface area contributed by atoms with E-state index < -0.39 is 15.9 Å². The first kappa shape index (κ1) is 19.9. The van der Waals surface area contributed by atoms with E-state index in [2.05, 4.69) is 10.0 Å². The quantitative estimate of drug-likeness (QED) is 0.568. The highest BCUT2D eigenvalue weighted by atomic mass is 35.5. The maximum absolute atomic E-state index is 12.5. The monoisotopic (exact) mass is 416 g/mol. The number of sulfonamides is 1.